The third kappa shape index (κ3) is 3.56. The summed E-state index contributed by atoms with van der Waals surface area (Å²) in [6, 6.07) is 12.5. The quantitative estimate of drug-likeness (QED) is 0.493. The van der Waals surface area contributed by atoms with E-state index in [0.29, 0.717) is 5.56 Å². The van der Waals surface area contributed by atoms with Gasteiger partial charge in [-0.05, 0) is 56.6 Å². The summed E-state index contributed by atoms with van der Waals surface area (Å²) in [5, 5.41) is 43.3. The van der Waals surface area contributed by atoms with Gasteiger partial charge in [0.15, 0.2) is 22.9 Å². The van der Waals surface area contributed by atoms with Crippen LogP contribution in [0.4, 0.5) is 0 Å². The first-order valence-electron chi connectivity index (χ1n) is 11.8. The molecule has 0 bridgehead atoms. The van der Waals surface area contributed by atoms with Crippen molar-refractivity contribution in [2.24, 2.45) is 11.8 Å². The standard InChI is InChI=1S/C27H24N2O8S/c1-29(2)22-18-12-15-11-14-7-6-10-19(37-38(35,36)16-8-4-3-5-9-16)20(14)24(31)21(15)26(33)27(18,34)25(32)17(13-28)23(22)30/h3-10,15,18,22,31-32,34H,11-12H2,1-2H3. The van der Waals surface area contributed by atoms with E-state index >= 15 is 0 Å². The first kappa shape index (κ1) is 25.7. The van der Waals surface area contributed by atoms with Gasteiger partial charge in [0.25, 0.3) is 0 Å². The molecule has 38 heavy (non-hydrogen) atoms. The number of aliphatic hydroxyl groups excluding tert-OH is 2. The molecule has 3 aliphatic carbocycles. The van der Waals surface area contributed by atoms with Crippen LogP contribution in [0.3, 0.4) is 0 Å². The molecule has 0 heterocycles. The Labute approximate surface area is 218 Å². The fourth-order valence-corrected chi connectivity index (χ4v) is 6.82. The summed E-state index contributed by atoms with van der Waals surface area (Å²) >= 11 is 0. The van der Waals surface area contributed by atoms with E-state index in [9.17, 15) is 38.6 Å². The highest BCUT2D eigenvalue weighted by molar-refractivity contribution is 7.87. The van der Waals surface area contributed by atoms with Crippen LogP contribution in [0.1, 0.15) is 17.5 Å². The van der Waals surface area contributed by atoms with Crippen LogP contribution in [0.5, 0.6) is 5.75 Å². The van der Waals surface area contributed by atoms with Crippen molar-refractivity contribution in [1.82, 2.24) is 4.90 Å². The molecule has 0 spiro atoms. The SMILES string of the molecule is CN(C)C1C(=O)C(C#N)=C(O)C2(O)C(=O)C3=C(O)c4c(cccc4OS(=O)(=O)c4ccccc4)CC3CC12. The molecular formula is C27H24N2O8S. The number of hydrogen-bond acceptors (Lipinski definition) is 10. The lowest BCUT2D eigenvalue weighted by Gasteiger charge is -2.49. The molecule has 3 aliphatic rings. The van der Waals surface area contributed by atoms with Gasteiger partial charge < -0.3 is 19.5 Å². The Morgan fingerprint density at radius 3 is 2.39 bits per heavy atom. The van der Waals surface area contributed by atoms with Gasteiger partial charge in [0, 0.05) is 11.5 Å². The zero-order chi connectivity index (χ0) is 27.6. The second kappa shape index (κ2) is 8.80. The Bertz CT molecular complexity index is 1590. The number of carbonyl (C=O) groups is 2. The zero-order valence-electron chi connectivity index (χ0n) is 20.5. The summed E-state index contributed by atoms with van der Waals surface area (Å²) in [5.41, 5.74) is -3.08. The smallest absolute Gasteiger partial charge is 0.339 e. The van der Waals surface area contributed by atoms with Gasteiger partial charge in [-0.15, -0.1) is 0 Å². The number of nitriles is 1. The topological polar surface area (TPSA) is 165 Å². The maximum atomic E-state index is 13.8. The highest BCUT2D eigenvalue weighted by Gasteiger charge is 2.63. The van der Waals surface area contributed by atoms with E-state index in [1.165, 1.54) is 35.2 Å². The van der Waals surface area contributed by atoms with Crippen LogP contribution >= 0.6 is 0 Å². The van der Waals surface area contributed by atoms with E-state index in [0.717, 1.165) is 0 Å². The first-order chi connectivity index (χ1) is 17.9. The maximum Gasteiger partial charge on any atom is 0.339 e. The lowest BCUT2D eigenvalue weighted by Crippen LogP contribution is -2.64. The molecule has 2 aromatic rings. The summed E-state index contributed by atoms with van der Waals surface area (Å²) in [7, 11) is -1.14. The average molecular weight is 537 g/mol. The van der Waals surface area contributed by atoms with Crippen molar-refractivity contribution in [3.05, 3.63) is 76.6 Å². The lowest BCUT2D eigenvalue weighted by atomic mass is 9.57. The molecule has 0 amide bonds. The van der Waals surface area contributed by atoms with E-state index in [1.807, 2.05) is 0 Å². The maximum absolute atomic E-state index is 13.8. The number of Topliss-reactive ketones (excluding diaryl/α,β-unsaturated/α-hetero) is 2. The number of fused-ring (bicyclic) bond motifs is 3. The fraction of sp³-hybridized carbons (Fsp3) is 0.296. The van der Waals surface area contributed by atoms with Crippen molar-refractivity contribution in [2.45, 2.75) is 29.4 Å². The molecule has 0 radical (unpaired) electrons. The molecule has 11 heteroatoms. The average Bonchev–Trinajstić information content (AvgIpc) is 2.87. The molecule has 4 atom stereocenters. The minimum absolute atomic E-state index is 0.0197. The molecule has 0 saturated heterocycles. The van der Waals surface area contributed by atoms with Crippen LogP contribution in [0.25, 0.3) is 5.76 Å². The van der Waals surface area contributed by atoms with Crippen molar-refractivity contribution < 1.29 is 37.5 Å². The summed E-state index contributed by atoms with van der Waals surface area (Å²) in [4.78, 5) is 28.2. The van der Waals surface area contributed by atoms with E-state index in [2.05, 4.69) is 0 Å². The molecule has 10 nitrogen and oxygen atoms in total. The number of benzene rings is 2. The molecule has 2 aromatic carbocycles. The Kier molecular flexibility index (Phi) is 5.94. The minimum atomic E-state index is -4.28. The molecule has 1 saturated carbocycles. The normalized spacial score (nSPS) is 27.0. The number of hydrogen-bond donors (Lipinski definition) is 3. The van der Waals surface area contributed by atoms with Gasteiger partial charge in [0.05, 0.1) is 11.6 Å². The Balaban J connectivity index is 1.65. The van der Waals surface area contributed by atoms with Gasteiger partial charge in [0.2, 0.25) is 5.78 Å². The van der Waals surface area contributed by atoms with Crippen molar-refractivity contribution >= 4 is 27.4 Å². The minimum Gasteiger partial charge on any atom is -0.507 e. The molecular weight excluding hydrogens is 512 g/mol. The second-order valence-corrected chi connectivity index (χ2v) is 11.4. The summed E-state index contributed by atoms with van der Waals surface area (Å²) < 4.78 is 31.2. The number of carbonyl (C=O) groups excluding carboxylic acids is 2. The number of rotatable bonds is 4. The van der Waals surface area contributed by atoms with E-state index in [1.54, 1.807) is 38.4 Å². The summed E-state index contributed by atoms with van der Waals surface area (Å²) in [6.07, 6.45) is 0.214. The molecule has 1 fully saturated rings. The molecule has 0 aliphatic heterocycles. The Hall–Kier alpha value is -3.98. The molecule has 3 N–H and O–H groups in total. The van der Waals surface area contributed by atoms with Crippen molar-refractivity contribution in [3.63, 3.8) is 0 Å². The molecule has 4 unspecified atom stereocenters. The van der Waals surface area contributed by atoms with E-state index in [-0.39, 0.29) is 34.6 Å². The monoisotopic (exact) mass is 536 g/mol. The predicted octanol–water partition coefficient (Wildman–Crippen LogP) is 2.06. The predicted molar refractivity (Wildman–Crippen MR) is 133 cm³/mol. The van der Waals surface area contributed by atoms with Gasteiger partial charge >= 0.3 is 10.1 Å². The first-order valence-corrected chi connectivity index (χ1v) is 13.2. The van der Waals surface area contributed by atoms with Crippen LogP contribution in [0.2, 0.25) is 0 Å². The van der Waals surface area contributed by atoms with Gasteiger partial charge in [-0.25, -0.2) is 0 Å². The number of likely N-dealkylation sites (N-methyl/N-ethyl adjacent to an activating group) is 1. The van der Waals surface area contributed by atoms with Gasteiger partial charge in [0.1, 0.15) is 22.3 Å². The fourth-order valence-electron chi connectivity index (χ4n) is 5.86. The Morgan fingerprint density at radius 1 is 1.08 bits per heavy atom. The second-order valence-electron chi connectivity index (χ2n) is 9.85. The van der Waals surface area contributed by atoms with E-state index < -0.39 is 62.3 Å². The third-order valence-electron chi connectivity index (χ3n) is 7.54. The lowest BCUT2D eigenvalue weighted by molar-refractivity contribution is -0.152. The van der Waals surface area contributed by atoms with Crippen LogP contribution in [-0.4, -0.2) is 65.9 Å². The highest BCUT2D eigenvalue weighted by Crippen LogP contribution is 2.52. The largest absolute Gasteiger partial charge is 0.507 e. The van der Waals surface area contributed by atoms with Gasteiger partial charge in [-0.3, -0.25) is 14.5 Å². The molecule has 0 aromatic heterocycles. The van der Waals surface area contributed by atoms with Gasteiger partial charge in [-0.2, -0.15) is 13.7 Å². The number of ketones is 2. The van der Waals surface area contributed by atoms with Crippen molar-refractivity contribution in [3.8, 4) is 11.8 Å². The third-order valence-corrected chi connectivity index (χ3v) is 8.79. The summed E-state index contributed by atoms with van der Waals surface area (Å²) in [6.45, 7) is 0. The van der Waals surface area contributed by atoms with Crippen molar-refractivity contribution in [1.29, 1.82) is 5.26 Å². The van der Waals surface area contributed by atoms with Crippen LogP contribution < -0.4 is 4.18 Å². The molecule has 196 valence electrons. The Morgan fingerprint density at radius 2 is 1.76 bits per heavy atom. The molecule has 5 rings (SSSR count). The van der Waals surface area contributed by atoms with Crippen LogP contribution in [-0.2, 0) is 26.1 Å². The highest BCUT2D eigenvalue weighted by atomic mass is 32.2. The number of aliphatic hydroxyl groups is 3. The van der Waals surface area contributed by atoms with Crippen LogP contribution in [0.15, 0.2) is 70.3 Å². The zero-order valence-corrected chi connectivity index (χ0v) is 21.3. The summed E-state index contributed by atoms with van der Waals surface area (Å²) in [5.74, 6) is -5.32. The van der Waals surface area contributed by atoms with Crippen LogP contribution in [0, 0.1) is 23.2 Å². The van der Waals surface area contributed by atoms with Gasteiger partial charge in [-0.1, -0.05) is 30.3 Å². The van der Waals surface area contributed by atoms with E-state index in [4.69, 9.17) is 4.18 Å². The number of nitrogens with zero attached hydrogens (tertiary/aromatic N) is 2. The van der Waals surface area contributed by atoms with Crippen molar-refractivity contribution in [2.75, 3.05) is 14.1 Å².